The summed E-state index contributed by atoms with van der Waals surface area (Å²) in [4.78, 5) is 19.3. The summed E-state index contributed by atoms with van der Waals surface area (Å²) in [6, 6.07) is 6.57. The lowest BCUT2D eigenvalue weighted by molar-refractivity contribution is 0.0995. The van der Waals surface area contributed by atoms with Crippen LogP contribution in [-0.2, 0) is 0 Å². The molecule has 3 aromatic heterocycles. The third-order valence-electron chi connectivity index (χ3n) is 2.75. The van der Waals surface area contributed by atoms with Crippen LogP contribution in [0.25, 0.3) is 16.9 Å². The van der Waals surface area contributed by atoms with Crippen molar-refractivity contribution in [2.24, 2.45) is 5.73 Å². The second-order valence-corrected chi connectivity index (χ2v) is 4.08. The molecule has 3 heterocycles. The summed E-state index contributed by atoms with van der Waals surface area (Å²) in [7, 11) is 0. The molecule has 0 bridgehead atoms. The quantitative estimate of drug-likeness (QED) is 0.718. The Morgan fingerprint density at radius 2 is 2.05 bits per heavy atom. The Bertz CT molecular complexity index is 762. The number of amides is 1. The normalized spacial score (nSPS) is 10.7. The highest BCUT2D eigenvalue weighted by Crippen LogP contribution is 2.20. The minimum absolute atomic E-state index is 0.165. The predicted octanol–water partition coefficient (Wildman–Crippen LogP) is 1.20. The zero-order valence-corrected chi connectivity index (χ0v) is 9.82. The molecule has 0 fully saturated rings. The molecule has 3 rings (SSSR count). The van der Waals surface area contributed by atoms with E-state index in [1.807, 2.05) is 0 Å². The molecule has 94 valence electrons. The van der Waals surface area contributed by atoms with Gasteiger partial charge < -0.3 is 15.2 Å². The summed E-state index contributed by atoms with van der Waals surface area (Å²) in [5.41, 5.74) is 7.53. The van der Waals surface area contributed by atoms with Crippen molar-refractivity contribution in [1.29, 1.82) is 0 Å². The van der Waals surface area contributed by atoms with Gasteiger partial charge in [0.1, 0.15) is 17.1 Å². The first-order chi connectivity index (χ1) is 9.13. The van der Waals surface area contributed by atoms with Gasteiger partial charge in [-0.05, 0) is 24.3 Å². The highest BCUT2D eigenvalue weighted by atomic mass is 16.3. The van der Waals surface area contributed by atoms with E-state index in [0.29, 0.717) is 11.3 Å². The minimum Gasteiger partial charge on any atom is -0.506 e. The molecule has 1 amide bonds. The maximum Gasteiger partial charge on any atom is 0.267 e. The number of aromatic hydroxyl groups is 1. The van der Waals surface area contributed by atoms with Crippen LogP contribution in [0.2, 0.25) is 0 Å². The largest absolute Gasteiger partial charge is 0.506 e. The highest BCUT2D eigenvalue weighted by molar-refractivity contribution is 5.91. The Morgan fingerprint density at radius 3 is 2.74 bits per heavy atom. The zero-order valence-electron chi connectivity index (χ0n) is 9.82. The molecule has 0 aromatic carbocycles. The number of rotatable bonds is 2. The van der Waals surface area contributed by atoms with E-state index in [4.69, 9.17) is 5.73 Å². The lowest BCUT2D eigenvalue weighted by Crippen LogP contribution is -2.12. The van der Waals surface area contributed by atoms with Gasteiger partial charge in [-0.1, -0.05) is 0 Å². The van der Waals surface area contributed by atoms with Crippen LogP contribution in [0.5, 0.6) is 5.75 Å². The Kier molecular flexibility index (Phi) is 2.42. The molecule has 3 aromatic rings. The third-order valence-corrected chi connectivity index (χ3v) is 2.75. The van der Waals surface area contributed by atoms with Gasteiger partial charge in [0.15, 0.2) is 0 Å². The molecular weight excluding hydrogens is 244 g/mol. The second-order valence-electron chi connectivity index (χ2n) is 4.08. The van der Waals surface area contributed by atoms with Gasteiger partial charge in [-0.25, -0.2) is 4.98 Å². The number of carbonyl (C=O) groups excluding carboxylic acids is 1. The van der Waals surface area contributed by atoms with Gasteiger partial charge in [-0.2, -0.15) is 0 Å². The van der Waals surface area contributed by atoms with Crippen molar-refractivity contribution in [3.05, 3.63) is 48.5 Å². The Morgan fingerprint density at radius 1 is 1.21 bits per heavy atom. The summed E-state index contributed by atoms with van der Waals surface area (Å²) in [6.07, 6.45) is 4.88. The van der Waals surface area contributed by atoms with Crippen molar-refractivity contribution >= 4 is 11.6 Å². The first kappa shape index (κ1) is 11.2. The molecule has 6 nitrogen and oxygen atoms in total. The number of fused-ring (bicyclic) bond motifs is 1. The van der Waals surface area contributed by atoms with Crippen LogP contribution in [-0.4, -0.2) is 25.4 Å². The molecule has 0 saturated heterocycles. The van der Waals surface area contributed by atoms with E-state index < -0.39 is 5.91 Å². The highest BCUT2D eigenvalue weighted by Gasteiger charge is 2.07. The van der Waals surface area contributed by atoms with E-state index in [9.17, 15) is 9.90 Å². The van der Waals surface area contributed by atoms with Gasteiger partial charge in [-0.3, -0.25) is 9.78 Å². The van der Waals surface area contributed by atoms with Gasteiger partial charge in [0, 0.05) is 18.0 Å². The fourth-order valence-electron chi connectivity index (χ4n) is 1.81. The zero-order chi connectivity index (χ0) is 13.4. The molecule has 6 heteroatoms. The van der Waals surface area contributed by atoms with E-state index in [-0.39, 0.29) is 11.4 Å². The fraction of sp³-hybridized carbons (Fsp3) is 0. The van der Waals surface area contributed by atoms with E-state index in [2.05, 4.69) is 9.97 Å². The predicted molar refractivity (Wildman–Crippen MR) is 68.6 cm³/mol. The minimum atomic E-state index is -0.563. The summed E-state index contributed by atoms with van der Waals surface area (Å²) < 4.78 is 1.71. The first-order valence-electron chi connectivity index (χ1n) is 5.57. The van der Waals surface area contributed by atoms with Crippen molar-refractivity contribution in [2.45, 2.75) is 0 Å². The van der Waals surface area contributed by atoms with Crippen LogP contribution >= 0.6 is 0 Å². The number of aromatic nitrogens is 3. The van der Waals surface area contributed by atoms with Gasteiger partial charge in [-0.15, -0.1) is 0 Å². The molecular formula is C13H10N4O2. The Balaban J connectivity index is 2.06. The number of imidazole rings is 1. The number of pyridine rings is 2. The third kappa shape index (κ3) is 1.99. The first-order valence-corrected chi connectivity index (χ1v) is 5.57. The summed E-state index contributed by atoms with van der Waals surface area (Å²) in [5, 5.41) is 9.40. The topological polar surface area (TPSA) is 93.5 Å². The summed E-state index contributed by atoms with van der Waals surface area (Å²) >= 11 is 0. The number of nitrogens with zero attached hydrogens (tertiary/aromatic N) is 3. The molecule has 0 radical (unpaired) electrons. The lowest BCUT2D eigenvalue weighted by Gasteiger charge is -1.97. The SMILES string of the molecule is NC(=O)c1ccc(-c2cn3cc(O)ccc3n2)cn1. The number of hydrogen-bond acceptors (Lipinski definition) is 4. The van der Waals surface area contributed by atoms with Crippen molar-refractivity contribution < 1.29 is 9.90 Å². The number of primary amides is 1. The molecule has 0 aliphatic carbocycles. The number of nitrogens with two attached hydrogens (primary N) is 1. The maximum atomic E-state index is 10.9. The van der Waals surface area contributed by atoms with Crippen LogP contribution in [0.4, 0.5) is 0 Å². The average molecular weight is 254 g/mol. The molecule has 0 aliphatic heterocycles. The monoisotopic (exact) mass is 254 g/mol. The molecule has 3 N–H and O–H groups in total. The standard InChI is InChI=1S/C13H10N4O2/c14-13(19)10-3-1-8(5-15-10)11-7-17-6-9(18)2-4-12(17)16-11/h1-7,18H,(H2,14,19). The van der Waals surface area contributed by atoms with Crippen LogP contribution in [0, 0.1) is 0 Å². The van der Waals surface area contributed by atoms with Crippen molar-refractivity contribution in [1.82, 2.24) is 14.4 Å². The number of carbonyl (C=O) groups is 1. The molecule has 0 aliphatic rings. The molecule has 0 spiro atoms. The van der Waals surface area contributed by atoms with Gasteiger partial charge in [0.25, 0.3) is 5.91 Å². The lowest BCUT2D eigenvalue weighted by atomic mass is 10.2. The van der Waals surface area contributed by atoms with E-state index in [1.54, 1.807) is 47.3 Å². The fourth-order valence-corrected chi connectivity index (χ4v) is 1.81. The Labute approximate surface area is 108 Å². The van der Waals surface area contributed by atoms with Crippen LogP contribution in [0.3, 0.4) is 0 Å². The van der Waals surface area contributed by atoms with E-state index in [0.717, 1.165) is 5.56 Å². The maximum absolute atomic E-state index is 10.9. The van der Waals surface area contributed by atoms with Gasteiger partial charge in [0.2, 0.25) is 0 Å². The molecule has 19 heavy (non-hydrogen) atoms. The molecule has 0 atom stereocenters. The smallest absolute Gasteiger partial charge is 0.267 e. The van der Waals surface area contributed by atoms with Crippen molar-refractivity contribution in [2.75, 3.05) is 0 Å². The van der Waals surface area contributed by atoms with Crippen molar-refractivity contribution in [3.63, 3.8) is 0 Å². The Hall–Kier alpha value is -2.89. The summed E-state index contributed by atoms with van der Waals surface area (Å²) in [5.74, 6) is -0.398. The van der Waals surface area contributed by atoms with Gasteiger partial charge in [0.05, 0.1) is 11.9 Å². The number of hydrogen-bond donors (Lipinski definition) is 2. The molecule has 0 unspecified atom stereocenters. The van der Waals surface area contributed by atoms with Crippen LogP contribution < -0.4 is 5.73 Å². The van der Waals surface area contributed by atoms with E-state index in [1.165, 1.54) is 0 Å². The van der Waals surface area contributed by atoms with Gasteiger partial charge >= 0.3 is 0 Å². The summed E-state index contributed by atoms with van der Waals surface area (Å²) in [6.45, 7) is 0. The molecule has 0 saturated carbocycles. The van der Waals surface area contributed by atoms with Crippen LogP contribution in [0.15, 0.2) is 42.9 Å². The van der Waals surface area contributed by atoms with E-state index >= 15 is 0 Å². The second kappa shape index (κ2) is 4.09. The van der Waals surface area contributed by atoms with Crippen molar-refractivity contribution in [3.8, 4) is 17.0 Å². The average Bonchev–Trinajstić information content (AvgIpc) is 2.81. The van der Waals surface area contributed by atoms with Crippen LogP contribution in [0.1, 0.15) is 10.5 Å².